The van der Waals surface area contributed by atoms with Crippen LogP contribution in [0.25, 0.3) is 0 Å². The summed E-state index contributed by atoms with van der Waals surface area (Å²) in [7, 11) is 0. The standard InChI is InChI=1S/C8H13N3O3/c12-4-2-1-3-9-6-5-10-8(14)11-7(6)13/h5,9,12H,1-4H2,(H2,10,11,13,14). The van der Waals surface area contributed by atoms with Crippen LogP contribution in [0.5, 0.6) is 0 Å². The summed E-state index contributed by atoms with van der Waals surface area (Å²) in [6.07, 6.45) is 2.80. The van der Waals surface area contributed by atoms with Crippen molar-refractivity contribution < 1.29 is 5.11 Å². The van der Waals surface area contributed by atoms with Crippen LogP contribution in [-0.4, -0.2) is 28.2 Å². The molecular weight excluding hydrogens is 186 g/mol. The fraction of sp³-hybridized carbons (Fsp3) is 0.500. The van der Waals surface area contributed by atoms with Crippen molar-refractivity contribution in [1.82, 2.24) is 9.97 Å². The van der Waals surface area contributed by atoms with Crippen LogP contribution >= 0.6 is 0 Å². The van der Waals surface area contributed by atoms with E-state index in [1.54, 1.807) is 0 Å². The smallest absolute Gasteiger partial charge is 0.325 e. The quantitative estimate of drug-likeness (QED) is 0.469. The number of anilines is 1. The fourth-order valence-electron chi connectivity index (χ4n) is 1.00. The molecular formula is C8H13N3O3. The van der Waals surface area contributed by atoms with Gasteiger partial charge >= 0.3 is 5.69 Å². The first-order valence-corrected chi connectivity index (χ1v) is 4.41. The lowest BCUT2D eigenvalue weighted by Gasteiger charge is -2.02. The van der Waals surface area contributed by atoms with Gasteiger partial charge in [0.25, 0.3) is 5.56 Å². The Labute approximate surface area is 80.0 Å². The number of aliphatic hydroxyl groups excluding tert-OH is 1. The van der Waals surface area contributed by atoms with E-state index >= 15 is 0 Å². The Kier molecular flexibility index (Phi) is 3.93. The predicted molar refractivity (Wildman–Crippen MR) is 52.5 cm³/mol. The fourth-order valence-corrected chi connectivity index (χ4v) is 1.00. The third-order valence-corrected chi connectivity index (χ3v) is 1.72. The molecule has 0 atom stereocenters. The van der Waals surface area contributed by atoms with Crippen molar-refractivity contribution in [3.63, 3.8) is 0 Å². The van der Waals surface area contributed by atoms with Gasteiger partial charge in [-0.25, -0.2) is 4.79 Å². The van der Waals surface area contributed by atoms with E-state index in [4.69, 9.17) is 5.11 Å². The molecule has 0 aromatic carbocycles. The van der Waals surface area contributed by atoms with Gasteiger partial charge in [-0.15, -0.1) is 0 Å². The summed E-state index contributed by atoms with van der Waals surface area (Å²) in [4.78, 5) is 26.2. The molecule has 4 N–H and O–H groups in total. The number of rotatable bonds is 5. The second-order valence-electron chi connectivity index (χ2n) is 2.84. The maximum Gasteiger partial charge on any atom is 0.325 e. The van der Waals surface area contributed by atoms with Crippen molar-refractivity contribution >= 4 is 5.69 Å². The highest BCUT2D eigenvalue weighted by atomic mass is 16.3. The van der Waals surface area contributed by atoms with Crippen LogP contribution in [0.15, 0.2) is 15.8 Å². The number of hydrogen-bond donors (Lipinski definition) is 4. The van der Waals surface area contributed by atoms with Crippen LogP contribution in [0.3, 0.4) is 0 Å². The van der Waals surface area contributed by atoms with Gasteiger partial charge in [0, 0.05) is 19.3 Å². The molecule has 1 rings (SSSR count). The molecule has 1 heterocycles. The number of H-pyrrole nitrogens is 2. The Bertz CT molecular complexity index is 382. The maximum atomic E-state index is 11.1. The zero-order valence-corrected chi connectivity index (χ0v) is 7.67. The average molecular weight is 199 g/mol. The molecule has 1 aromatic rings. The summed E-state index contributed by atoms with van der Waals surface area (Å²) >= 11 is 0. The van der Waals surface area contributed by atoms with Gasteiger partial charge < -0.3 is 15.4 Å². The van der Waals surface area contributed by atoms with Crippen molar-refractivity contribution in [3.8, 4) is 0 Å². The molecule has 0 spiro atoms. The first-order chi connectivity index (χ1) is 6.74. The first-order valence-electron chi connectivity index (χ1n) is 4.41. The Balaban J connectivity index is 2.51. The van der Waals surface area contributed by atoms with E-state index in [0.29, 0.717) is 18.7 Å². The molecule has 1 aromatic heterocycles. The Morgan fingerprint density at radius 2 is 2.14 bits per heavy atom. The maximum absolute atomic E-state index is 11.1. The largest absolute Gasteiger partial charge is 0.396 e. The SMILES string of the molecule is O=c1[nH]cc(NCCCCO)c(=O)[nH]1. The minimum atomic E-state index is -0.518. The van der Waals surface area contributed by atoms with E-state index in [1.165, 1.54) is 6.20 Å². The van der Waals surface area contributed by atoms with Crippen LogP contribution in [-0.2, 0) is 0 Å². The lowest BCUT2D eigenvalue weighted by Crippen LogP contribution is -2.24. The molecule has 0 unspecified atom stereocenters. The van der Waals surface area contributed by atoms with Crippen molar-refractivity contribution in [2.75, 3.05) is 18.5 Å². The molecule has 0 bridgehead atoms. The summed E-state index contributed by atoms with van der Waals surface area (Å²) in [6.45, 7) is 0.735. The molecule has 0 aliphatic carbocycles. The monoisotopic (exact) mass is 199 g/mol. The van der Waals surface area contributed by atoms with E-state index in [1.807, 2.05) is 0 Å². The van der Waals surface area contributed by atoms with E-state index < -0.39 is 11.2 Å². The van der Waals surface area contributed by atoms with Gasteiger partial charge in [0.15, 0.2) is 0 Å². The Hall–Kier alpha value is -1.56. The lowest BCUT2D eigenvalue weighted by molar-refractivity contribution is 0.286. The third kappa shape index (κ3) is 3.06. The van der Waals surface area contributed by atoms with Crippen molar-refractivity contribution in [2.24, 2.45) is 0 Å². The topological polar surface area (TPSA) is 98.0 Å². The summed E-state index contributed by atoms with van der Waals surface area (Å²) in [6, 6.07) is 0. The van der Waals surface area contributed by atoms with Crippen LogP contribution in [0.1, 0.15) is 12.8 Å². The number of nitrogens with one attached hydrogen (secondary N) is 3. The highest BCUT2D eigenvalue weighted by molar-refractivity contribution is 5.36. The van der Waals surface area contributed by atoms with Gasteiger partial charge in [0.1, 0.15) is 5.69 Å². The van der Waals surface area contributed by atoms with Gasteiger partial charge in [-0.3, -0.25) is 9.78 Å². The highest BCUT2D eigenvalue weighted by Crippen LogP contribution is 1.93. The average Bonchev–Trinajstić information content (AvgIpc) is 2.15. The number of aromatic nitrogens is 2. The van der Waals surface area contributed by atoms with E-state index in [-0.39, 0.29) is 6.61 Å². The molecule has 0 fully saturated rings. The van der Waals surface area contributed by atoms with Crippen molar-refractivity contribution in [3.05, 3.63) is 27.0 Å². The van der Waals surface area contributed by atoms with E-state index in [2.05, 4.69) is 15.3 Å². The second kappa shape index (κ2) is 5.23. The first kappa shape index (κ1) is 10.5. The molecule has 0 aliphatic rings. The molecule has 0 amide bonds. The predicted octanol–water partition coefficient (Wildman–Crippen LogP) is -0.752. The van der Waals surface area contributed by atoms with E-state index in [9.17, 15) is 9.59 Å². The molecule has 0 saturated heterocycles. The van der Waals surface area contributed by atoms with Crippen LogP contribution < -0.4 is 16.6 Å². The number of aliphatic hydroxyl groups is 1. The molecule has 0 saturated carbocycles. The molecule has 0 aliphatic heterocycles. The molecule has 78 valence electrons. The van der Waals surface area contributed by atoms with Gasteiger partial charge in [-0.2, -0.15) is 0 Å². The molecule has 14 heavy (non-hydrogen) atoms. The Morgan fingerprint density at radius 1 is 1.36 bits per heavy atom. The van der Waals surface area contributed by atoms with Crippen LogP contribution in [0.2, 0.25) is 0 Å². The number of unbranched alkanes of at least 4 members (excludes halogenated alkanes) is 1. The van der Waals surface area contributed by atoms with Crippen LogP contribution in [0, 0.1) is 0 Å². The van der Waals surface area contributed by atoms with Gasteiger partial charge in [0.2, 0.25) is 0 Å². The van der Waals surface area contributed by atoms with Crippen molar-refractivity contribution in [2.45, 2.75) is 12.8 Å². The Morgan fingerprint density at radius 3 is 2.79 bits per heavy atom. The molecule has 6 nitrogen and oxygen atoms in total. The zero-order valence-electron chi connectivity index (χ0n) is 7.67. The van der Waals surface area contributed by atoms with Gasteiger partial charge in [0.05, 0.1) is 0 Å². The normalized spacial score (nSPS) is 10.1. The molecule has 0 radical (unpaired) electrons. The minimum Gasteiger partial charge on any atom is -0.396 e. The van der Waals surface area contributed by atoms with Gasteiger partial charge in [-0.1, -0.05) is 0 Å². The number of hydrogen-bond acceptors (Lipinski definition) is 4. The van der Waals surface area contributed by atoms with Gasteiger partial charge in [-0.05, 0) is 12.8 Å². The van der Waals surface area contributed by atoms with Crippen LogP contribution in [0.4, 0.5) is 5.69 Å². The lowest BCUT2D eigenvalue weighted by atomic mass is 10.3. The third-order valence-electron chi connectivity index (χ3n) is 1.72. The number of aromatic amines is 2. The molecule has 6 heteroatoms. The highest BCUT2D eigenvalue weighted by Gasteiger charge is 1.97. The van der Waals surface area contributed by atoms with Crippen molar-refractivity contribution in [1.29, 1.82) is 0 Å². The second-order valence-corrected chi connectivity index (χ2v) is 2.84. The summed E-state index contributed by atoms with van der Waals surface area (Å²) in [5.74, 6) is 0. The minimum absolute atomic E-state index is 0.143. The van der Waals surface area contributed by atoms with E-state index in [0.717, 1.165) is 6.42 Å². The summed E-state index contributed by atoms with van der Waals surface area (Å²) in [5.41, 5.74) is -0.615. The summed E-state index contributed by atoms with van der Waals surface area (Å²) < 4.78 is 0. The summed E-state index contributed by atoms with van der Waals surface area (Å²) in [5, 5.41) is 11.4. The zero-order chi connectivity index (χ0) is 10.4.